The maximum atomic E-state index is 12.3. The normalized spacial score (nSPS) is 14.3. The van der Waals surface area contributed by atoms with Crippen molar-refractivity contribution in [1.29, 1.82) is 0 Å². The second-order valence-electron chi connectivity index (χ2n) is 5.65. The van der Waals surface area contributed by atoms with Crippen molar-refractivity contribution in [3.8, 4) is 0 Å². The topological polar surface area (TPSA) is 47.4 Å². The molecule has 0 aliphatic carbocycles. The van der Waals surface area contributed by atoms with Crippen LogP contribution in [-0.4, -0.2) is 27.3 Å². The molecule has 1 aliphatic rings. The van der Waals surface area contributed by atoms with Crippen molar-refractivity contribution < 1.29 is 9.53 Å². The minimum Gasteiger partial charge on any atom is -0.445 e. The van der Waals surface area contributed by atoms with E-state index in [1.165, 1.54) is 0 Å². The lowest BCUT2D eigenvalue weighted by Crippen LogP contribution is -2.31. The molecule has 0 bridgehead atoms. The number of rotatable bonds is 2. The summed E-state index contributed by atoms with van der Waals surface area (Å²) in [6, 6.07) is 7.59. The zero-order valence-electron chi connectivity index (χ0n) is 12.8. The Morgan fingerprint density at radius 1 is 1.35 bits per heavy atom. The first kappa shape index (κ1) is 16.3. The highest BCUT2D eigenvalue weighted by atomic mass is 79.9. The maximum Gasteiger partial charge on any atom is 0.410 e. The number of hydrogen-bond acceptors (Lipinski definition) is 3. The zero-order valence-corrected chi connectivity index (χ0v) is 15.1. The van der Waals surface area contributed by atoms with Crippen molar-refractivity contribution in [3.05, 3.63) is 50.7 Å². The van der Waals surface area contributed by atoms with E-state index in [2.05, 4.69) is 21.0 Å². The Labute approximate surface area is 148 Å². The third-order valence-electron chi connectivity index (χ3n) is 3.71. The first-order valence-electron chi connectivity index (χ1n) is 7.41. The summed E-state index contributed by atoms with van der Waals surface area (Å²) in [4.78, 5) is 14.1. The number of aromatic nitrogens is 2. The molecule has 2 heterocycles. The van der Waals surface area contributed by atoms with Gasteiger partial charge in [0, 0.05) is 18.1 Å². The van der Waals surface area contributed by atoms with Gasteiger partial charge in [-0.2, -0.15) is 5.10 Å². The van der Waals surface area contributed by atoms with E-state index in [1.807, 2.05) is 35.9 Å². The number of nitrogens with zero attached hydrogens (tertiary/aromatic N) is 3. The van der Waals surface area contributed by atoms with Crippen LogP contribution in [0.1, 0.15) is 23.2 Å². The van der Waals surface area contributed by atoms with Gasteiger partial charge in [0.05, 0.1) is 12.2 Å². The summed E-state index contributed by atoms with van der Waals surface area (Å²) >= 11 is 9.40. The van der Waals surface area contributed by atoms with Gasteiger partial charge in [-0.1, -0.05) is 17.7 Å². The molecule has 0 spiro atoms. The number of benzene rings is 1. The monoisotopic (exact) mass is 397 g/mol. The van der Waals surface area contributed by atoms with Crippen LogP contribution in [0.25, 0.3) is 0 Å². The Hall–Kier alpha value is -1.53. The van der Waals surface area contributed by atoms with E-state index in [0.717, 1.165) is 34.4 Å². The molecule has 0 unspecified atom stereocenters. The van der Waals surface area contributed by atoms with Crippen molar-refractivity contribution in [2.24, 2.45) is 0 Å². The third-order valence-corrected chi connectivity index (χ3v) is 4.31. The molecule has 1 aromatic heterocycles. The molecule has 1 aliphatic heterocycles. The number of ether oxygens (including phenoxy) is 1. The smallest absolute Gasteiger partial charge is 0.410 e. The highest BCUT2D eigenvalue weighted by Crippen LogP contribution is 2.19. The van der Waals surface area contributed by atoms with Crippen molar-refractivity contribution in [2.45, 2.75) is 33.0 Å². The molecule has 7 heteroatoms. The third kappa shape index (κ3) is 4.06. The summed E-state index contributed by atoms with van der Waals surface area (Å²) in [6.07, 6.45) is 0.542. The molecule has 0 atom stereocenters. The van der Waals surface area contributed by atoms with Crippen LogP contribution in [0, 0.1) is 6.92 Å². The minimum absolute atomic E-state index is 0.222. The van der Waals surface area contributed by atoms with Gasteiger partial charge in [-0.05, 0) is 58.6 Å². The number of carbonyl (C=O) groups is 1. The molecule has 23 heavy (non-hydrogen) atoms. The van der Waals surface area contributed by atoms with Gasteiger partial charge in [0.1, 0.15) is 11.2 Å². The number of aryl methyl sites for hydroxylation is 2. The number of carbonyl (C=O) groups excluding carboxylic acids is 1. The lowest BCUT2D eigenvalue weighted by molar-refractivity contribution is 0.0942. The first-order chi connectivity index (χ1) is 11.0. The second kappa shape index (κ2) is 6.93. The van der Waals surface area contributed by atoms with Crippen LogP contribution in [0.3, 0.4) is 0 Å². The quantitative estimate of drug-likeness (QED) is 0.763. The fourth-order valence-corrected chi connectivity index (χ4v) is 3.48. The predicted molar refractivity (Wildman–Crippen MR) is 91.3 cm³/mol. The van der Waals surface area contributed by atoms with Crippen molar-refractivity contribution in [2.75, 3.05) is 6.54 Å². The van der Waals surface area contributed by atoms with Crippen LogP contribution in [0.5, 0.6) is 0 Å². The molecule has 0 saturated carbocycles. The van der Waals surface area contributed by atoms with E-state index in [9.17, 15) is 4.79 Å². The molecule has 122 valence electrons. The van der Waals surface area contributed by atoms with E-state index >= 15 is 0 Å². The summed E-state index contributed by atoms with van der Waals surface area (Å²) in [5.41, 5.74) is 2.95. The maximum absolute atomic E-state index is 12.3. The summed E-state index contributed by atoms with van der Waals surface area (Å²) < 4.78 is 8.16. The number of halogens is 2. The highest BCUT2D eigenvalue weighted by molar-refractivity contribution is 9.10. The van der Waals surface area contributed by atoms with Gasteiger partial charge in [0.25, 0.3) is 0 Å². The fraction of sp³-hybridized carbons (Fsp3) is 0.375. The summed E-state index contributed by atoms with van der Waals surface area (Å²) in [5, 5.41) is 5.01. The van der Waals surface area contributed by atoms with Crippen LogP contribution in [0.4, 0.5) is 4.79 Å². The lowest BCUT2D eigenvalue weighted by atomic mass is 10.1. The number of amides is 1. The minimum atomic E-state index is -0.312. The van der Waals surface area contributed by atoms with Gasteiger partial charge in [-0.15, -0.1) is 0 Å². The van der Waals surface area contributed by atoms with Crippen molar-refractivity contribution in [1.82, 2.24) is 14.7 Å². The van der Waals surface area contributed by atoms with Gasteiger partial charge < -0.3 is 9.64 Å². The Morgan fingerprint density at radius 2 is 2.17 bits per heavy atom. The van der Waals surface area contributed by atoms with Crippen LogP contribution >= 0.6 is 27.5 Å². The van der Waals surface area contributed by atoms with Crippen LogP contribution in [0.15, 0.2) is 28.9 Å². The van der Waals surface area contributed by atoms with E-state index in [0.29, 0.717) is 18.1 Å². The summed E-state index contributed by atoms with van der Waals surface area (Å²) in [5.74, 6) is 0. The first-order valence-corrected chi connectivity index (χ1v) is 8.58. The molecule has 2 aromatic rings. The molecule has 0 fully saturated rings. The fourth-order valence-electron chi connectivity index (χ4n) is 2.71. The van der Waals surface area contributed by atoms with Crippen LogP contribution in [0.2, 0.25) is 5.02 Å². The Bertz CT molecular complexity index is 712. The standard InChI is InChI=1S/C16H17BrClN3O2/c1-11-5-12(7-13(18)6-11)10-23-16(22)20-3-2-4-21-14(9-20)8-15(17)19-21/h5-8H,2-4,9-10H2,1H3. The summed E-state index contributed by atoms with van der Waals surface area (Å²) in [7, 11) is 0. The number of hydrogen-bond donors (Lipinski definition) is 0. The highest BCUT2D eigenvalue weighted by Gasteiger charge is 2.21. The largest absolute Gasteiger partial charge is 0.445 e. The molecule has 1 aromatic carbocycles. The Morgan fingerprint density at radius 3 is 2.96 bits per heavy atom. The zero-order chi connectivity index (χ0) is 16.4. The van der Waals surface area contributed by atoms with Crippen LogP contribution in [-0.2, 0) is 24.4 Å². The van der Waals surface area contributed by atoms with E-state index in [-0.39, 0.29) is 12.7 Å². The lowest BCUT2D eigenvalue weighted by Gasteiger charge is -2.19. The van der Waals surface area contributed by atoms with Gasteiger partial charge in [0.2, 0.25) is 0 Å². The van der Waals surface area contributed by atoms with Crippen molar-refractivity contribution in [3.63, 3.8) is 0 Å². The molecule has 5 nitrogen and oxygen atoms in total. The van der Waals surface area contributed by atoms with Crippen LogP contribution < -0.4 is 0 Å². The second-order valence-corrected chi connectivity index (χ2v) is 6.90. The van der Waals surface area contributed by atoms with Gasteiger partial charge in [0.15, 0.2) is 0 Å². The van der Waals surface area contributed by atoms with Gasteiger partial charge in [-0.3, -0.25) is 4.68 Å². The Balaban J connectivity index is 1.64. The molecular formula is C16H17BrClN3O2. The van der Waals surface area contributed by atoms with Gasteiger partial charge in [-0.25, -0.2) is 4.79 Å². The average molecular weight is 399 g/mol. The average Bonchev–Trinajstić information content (AvgIpc) is 2.70. The molecule has 0 N–H and O–H groups in total. The molecular weight excluding hydrogens is 382 g/mol. The molecule has 3 rings (SSSR count). The Kier molecular flexibility index (Phi) is 4.92. The molecule has 1 amide bonds. The van der Waals surface area contributed by atoms with E-state index < -0.39 is 0 Å². The predicted octanol–water partition coefficient (Wildman–Crippen LogP) is 4.15. The molecule has 0 saturated heterocycles. The summed E-state index contributed by atoms with van der Waals surface area (Å²) in [6.45, 7) is 4.16. The molecule has 0 radical (unpaired) electrons. The van der Waals surface area contributed by atoms with E-state index in [4.69, 9.17) is 16.3 Å². The number of fused-ring (bicyclic) bond motifs is 1. The van der Waals surface area contributed by atoms with Gasteiger partial charge >= 0.3 is 6.09 Å². The van der Waals surface area contributed by atoms with Crippen molar-refractivity contribution >= 4 is 33.6 Å². The van der Waals surface area contributed by atoms with E-state index in [1.54, 1.807) is 4.90 Å². The SMILES string of the molecule is Cc1cc(Cl)cc(COC(=O)N2CCCn3nc(Br)cc3C2)c1.